The van der Waals surface area contributed by atoms with Crippen molar-refractivity contribution in [3.05, 3.63) is 224 Å². The van der Waals surface area contributed by atoms with Crippen LogP contribution in [0.2, 0.25) is 0 Å². The van der Waals surface area contributed by atoms with Crippen LogP contribution in [-0.2, 0) is 0 Å². The Hall–Kier alpha value is -7.03. The Labute approximate surface area is 324 Å². The highest BCUT2D eigenvalue weighted by Gasteiger charge is 2.14. The van der Waals surface area contributed by atoms with E-state index in [-0.39, 0.29) is 0 Å². The number of hydrogen-bond donors (Lipinski definition) is 0. The van der Waals surface area contributed by atoms with Gasteiger partial charge in [0, 0.05) is 34.9 Å². The molecule has 7 aromatic carbocycles. The minimum absolute atomic E-state index is 0.807. The summed E-state index contributed by atoms with van der Waals surface area (Å²) in [7, 11) is 0. The Balaban J connectivity index is 1.07. The van der Waals surface area contributed by atoms with Crippen LogP contribution in [0.3, 0.4) is 0 Å². The number of hydrogen-bond acceptors (Lipinski definition) is 2. The number of benzene rings is 7. The van der Waals surface area contributed by atoms with Gasteiger partial charge in [0.15, 0.2) is 0 Å². The number of rotatable bonds is 11. The highest BCUT2D eigenvalue weighted by molar-refractivity contribution is 5.88. The first kappa shape index (κ1) is 35.0. The second-order valence-corrected chi connectivity index (χ2v) is 13.6. The third-order valence-corrected chi connectivity index (χ3v) is 10.2. The predicted octanol–water partition coefficient (Wildman–Crippen LogP) is 14.7. The smallest absolute Gasteiger partial charge is 0.0461 e. The summed E-state index contributed by atoms with van der Waals surface area (Å²) in [5, 5.41) is 4.84. The molecule has 0 saturated carbocycles. The summed E-state index contributed by atoms with van der Waals surface area (Å²) in [6.07, 6.45) is 17.5. The third kappa shape index (κ3) is 7.85. The van der Waals surface area contributed by atoms with Crippen molar-refractivity contribution in [2.24, 2.45) is 0 Å². The molecular formula is C53H42N2. The van der Waals surface area contributed by atoms with Crippen molar-refractivity contribution in [3.8, 4) is 33.4 Å². The summed E-state index contributed by atoms with van der Waals surface area (Å²) >= 11 is 0. The molecule has 0 atom stereocenters. The molecule has 0 N–H and O–H groups in total. The Morgan fingerprint density at radius 1 is 0.527 bits per heavy atom. The first-order valence-electron chi connectivity index (χ1n) is 18.8. The molecule has 0 aliphatic carbocycles. The molecule has 0 aliphatic heterocycles. The lowest BCUT2D eigenvalue weighted by Crippen LogP contribution is -2.15. The van der Waals surface area contributed by atoms with Gasteiger partial charge >= 0.3 is 0 Å². The molecule has 2 heteroatoms. The monoisotopic (exact) mass is 706 g/mol. The van der Waals surface area contributed by atoms with E-state index < -0.39 is 0 Å². The number of aromatic nitrogens is 1. The van der Waals surface area contributed by atoms with E-state index in [4.69, 9.17) is 0 Å². The predicted molar refractivity (Wildman–Crippen MR) is 237 cm³/mol. The van der Waals surface area contributed by atoms with Crippen LogP contribution in [0.25, 0.3) is 67.1 Å². The fraction of sp³-hybridized carbons (Fsp3) is 0.0377. The van der Waals surface area contributed by atoms with Crippen molar-refractivity contribution in [1.29, 1.82) is 0 Å². The molecule has 1 heterocycles. The van der Waals surface area contributed by atoms with E-state index in [0.29, 0.717) is 0 Å². The van der Waals surface area contributed by atoms with Crippen LogP contribution in [0, 0.1) is 0 Å². The second kappa shape index (κ2) is 16.3. The lowest BCUT2D eigenvalue weighted by atomic mass is 9.98. The zero-order valence-electron chi connectivity index (χ0n) is 31.0. The summed E-state index contributed by atoms with van der Waals surface area (Å²) in [4.78, 5) is 6.60. The van der Waals surface area contributed by atoms with Gasteiger partial charge in [-0.1, -0.05) is 158 Å². The minimum Gasteiger partial charge on any atom is -0.311 e. The molecule has 0 spiro atoms. The van der Waals surface area contributed by atoms with Gasteiger partial charge in [0.05, 0.1) is 0 Å². The van der Waals surface area contributed by atoms with E-state index in [1.165, 1.54) is 55.1 Å². The number of fused-ring (bicyclic) bond motifs is 2. The van der Waals surface area contributed by atoms with E-state index in [0.717, 1.165) is 34.4 Å². The lowest BCUT2D eigenvalue weighted by molar-refractivity contribution is 1.19. The Morgan fingerprint density at radius 3 is 1.65 bits per heavy atom. The van der Waals surface area contributed by atoms with Crippen LogP contribution in [-0.4, -0.2) is 4.98 Å². The molecular weight excluding hydrogens is 665 g/mol. The molecule has 8 rings (SSSR count). The summed E-state index contributed by atoms with van der Waals surface area (Å²) in [5.41, 5.74) is 12.8. The molecule has 0 bridgehead atoms. The van der Waals surface area contributed by atoms with E-state index in [9.17, 15) is 0 Å². The largest absolute Gasteiger partial charge is 0.311 e. The van der Waals surface area contributed by atoms with Crippen LogP contribution in [0.4, 0.5) is 11.4 Å². The maximum absolute atomic E-state index is 4.27. The van der Waals surface area contributed by atoms with E-state index in [2.05, 4.69) is 211 Å². The van der Waals surface area contributed by atoms with Gasteiger partial charge in [-0.25, -0.2) is 0 Å². The SMILES string of the molecule is C=Cc1ccccc1/C=C/C/C=C\C(=C/C)N(c1ccc(-c2ccc(-c3ccc4ccccc4c3)cc2)cc1)c1ccc(-c2ccc3cnccc3c2)cc1. The molecule has 8 aromatic rings. The number of anilines is 2. The zero-order chi connectivity index (χ0) is 37.4. The number of nitrogens with zero attached hydrogens (tertiary/aromatic N) is 2. The second-order valence-electron chi connectivity index (χ2n) is 13.6. The molecule has 55 heavy (non-hydrogen) atoms. The Kier molecular flexibility index (Phi) is 10.4. The van der Waals surface area contributed by atoms with Gasteiger partial charge in [-0.05, 0) is 123 Å². The van der Waals surface area contributed by atoms with Crippen LogP contribution in [0.5, 0.6) is 0 Å². The first-order valence-corrected chi connectivity index (χ1v) is 18.8. The molecule has 264 valence electrons. The minimum atomic E-state index is 0.807. The number of allylic oxidation sites excluding steroid dienone is 4. The first-order chi connectivity index (χ1) is 27.2. The Bertz CT molecular complexity index is 2680. The van der Waals surface area contributed by atoms with Crippen molar-refractivity contribution in [2.75, 3.05) is 4.90 Å². The van der Waals surface area contributed by atoms with Crippen molar-refractivity contribution in [3.63, 3.8) is 0 Å². The standard InChI is InChI=1S/C53H42N2/c1-3-39-12-8-9-14-40(39)13-6-5-7-17-51(4-2)55(53-32-28-45(29-33-53)48-24-25-50-38-54-35-34-49(50)37-48)52-30-26-43(27-31-52)42-18-20-44(21-19-42)47-23-22-41-15-10-11-16-46(41)36-47/h3-4,6-38H,1,5H2,2H3/b13-6+,17-7-,51-4+. The zero-order valence-corrected chi connectivity index (χ0v) is 31.0. The maximum atomic E-state index is 4.27. The van der Waals surface area contributed by atoms with Gasteiger partial charge < -0.3 is 4.90 Å². The topological polar surface area (TPSA) is 16.1 Å². The fourth-order valence-electron chi connectivity index (χ4n) is 7.15. The van der Waals surface area contributed by atoms with Crippen LogP contribution >= 0.6 is 0 Å². The number of pyridine rings is 1. The molecule has 0 radical (unpaired) electrons. The average molecular weight is 707 g/mol. The van der Waals surface area contributed by atoms with Crippen molar-refractivity contribution in [1.82, 2.24) is 4.98 Å². The quantitative estimate of drug-likeness (QED) is 0.125. The van der Waals surface area contributed by atoms with Crippen molar-refractivity contribution in [2.45, 2.75) is 13.3 Å². The maximum Gasteiger partial charge on any atom is 0.0461 e. The molecule has 0 fully saturated rings. The van der Waals surface area contributed by atoms with Gasteiger partial charge in [0.25, 0.3) is 0 Å². The molecule has 2 nitrogen and oxygen atoms in total. The molecule has 0 aliphatic rings. The Morgan fingerprint density at radius 2 is 1.04 bits per heavy atom. The lowest BCUT2D eigenvalue weighted by Gasteiger charge is -2.27. The summed E-state index contributed by atoms with van der Waals surface area (Å²) < 4.78 is 0. The molecule has 0 unspecified atom stereocenters. The summed E-state index contributed by atoms with van der Waals surface area (Å²) in [5.74, 6) is 0. The molecule has 1 aromatic heterocycles. The highest BCUT2D eigenvalue weighted by atomic mass is 15.1. The van der Waals surface area contributed by atoms with Crippen LogP contribution in [0.15, 0.2) is 213 Å². The third-order valence-electron chi connectivity index (χ3n) is 10.2. The van der Waals surface area contributed by atoms with Crippen LogP contribution in [0.1, 0.15) is 24.5 Å². The van der Waals surface area contributed by atoms with Gasteiger partial charge in [0.2, 0.25) is 0 Å². The van der Waals surface area contributed by atoms with Crippen molar-refractivity contribution < 1.29 is 0 Å². The average Bonchev–Trinajstić information content (AvgIpc) is 3.26. The van der Waals surface area contributed by atoms with Crippen molar-refractivity contribution >= 4 is 45.1 Å². The fourth-order valence-corrected chi connectivity index (χ4v) is 7.15. The normalized spacial score (nSPS) is 11.8. The summed E-state index contributed by atoms with van der Waals surface area (Å²) in [6.45, 7) is 6.07. The summed E-state index contributed by atoms with van der Waals surface area (Å²) in [6, 6.07) is 58.8. The van der Waals surface area contributed by atoms with Gasteiger partial charge in [0.1, 0.15) is 0 Å². The van der Waals surface area contributed by atoms with Gasteiger partial charge in [-0.3, -0.25) is 4.98 Å². The molecule has 0 amide bonds. The van der Waals surface area contributed by atoms with Gasteiger partial charge in [-0.15, -0.1) is 0 Å². The highest BCUT2D eigenvalue weighted by Crippen LogP contribution is 2.35. The van der Waals surface area contributed by atoms with E-state index in [1.54, 1.807) is 0 Å². The van der Waals surface area contributed by atoms with E-state index >= 15 is 0 Å². The van der Waals surface area contributed by atoms with Gasteiger partial charge in [-0.2, -0.15) is 0 Å². The van der Waals surface area contributed by atoms with Crippen LogP contribution < -0.4 is 4.90 Å². The van der Waals surface area contributed by atoms with E-state index in [1.807, 2.05) is 24.5 Å². The molecule has 0 saturated heterocycles.